The Hall–Kier alpha value is -3.28. The number of aryl methyl sites for hydroxylation is 1. The second-order valence-corrected chi connectivity index (χ2v) is 9.86. The molecule has 7 heteroatoms. The van der Waals surface area contributed by atoms with Crippen molar-refractivity contribution in [1.82, 2.24) is 0 Å². The second-order valence-electron chi connectivity index (χ2n) is 9.42. The maximum Gasteiger partial charge on any atom is 0.373 e. The summed E-state index contributed by atoms with van der Waals surface area (Å²) >= 11 is 5.71. The number of halogens is 1. The van der Waals surface area contributed by atoms with Crippen molar-refractivity contribution in [3.63, 3.8) is 0 Å². The molecule has 0 spiro atoms. The predicted octanol–water partition coefficient (Wildman–Crippen LogP) is 10.6. The summed E-state index contributed by atoms with van der Waals surface area (Å²) in [4.78, 5) is 31.1. The van der Waals surface area contributed by atoms with Crippen LogP contribution in [0, 0.1) is 0 Å². The van der Waals surface area contributed by atoms with Crippen molar-refractivity contribution >= 4 is 23.7 Å². The lowest BCUT2D eigenvalue weighted by atomic mass is 9.97. The van der Waals surface area contributed by atoms with Crippen LogP contribution in [0.15, 0.2) is 72.8 Å². The Bertz CT molecular complexity index is 1080. The molecular weight excluding hydrogens is 552 g/mol. The number of carbonyl (C=O) groups excluding carboxylic acids is 2. The maximum absolute atomic E-state index is 10.6. The summed E-state index contributed by atoms with van der Waals surface area (Å²) in [5.74, 6) is 0.230. The van der Waals surface area contributed by atoms with E-state index in [-0.39, 0.29) is 27.1 Å². The lowest BCUT2D eigenvalue weighted by molar-refractivity contribution is -0.277. The highest BCUT2D eigenvalue weighted by atomic mass is 35.5. The molecule has 3 rings (SSSR count). The molecule has 0 amide bonds. The summed E-state index contributed by atoms with van der Waals surface area (Å²) in [6.07, 6.45) is 4.57. The molecule has 0 aliphatic carbocycles. The fourth-order valence-electron chi connectivity index (χ4n) is 3.52. The van der Waals surface area contributed by atoms with Gasteiger partial charge in [-0.2, -0.15) is 9.59 Å². The molecule has 3 unspecified atom stereocenters. The molecule has 0 aliphatic rings. The van der Waals surface area contributed by atoms with E-state index in [1.165, 1.54) is 23.1 Å². The van der Waals surface area contributed by atoms with Gasteiger partial charge in [-0.05, 0) is 84.5 Å². The molecule has 3 aromatic carbocycles. The predicted molar refractivity (Wildman–Crippen MR) is 173 cm³/mol. The molecule has 42 heavy (non-hydrogen) atoms. The van der Waals surface area contributed by atoms with Crippen LogP contribution in [0.2, 0.25) is 5.02 Å². The van der Waals surface area contributed by atoms with Gasteiger partial charge in [-0.1, -0.05) is 116 Å². The van der Waals surface area contributed by atoms with Gasteiger partial charge < -0.3 is 5.11 Å². The fourth-order valence-corrected chi connectivity index (χ4v) is 3.65. The number of rotatable bonds is 9. The SMILES string of the molecule is C.C.CCC(C)c1ccc(C(=O)O)cc1.CCC(C)c1ccc(C(C)OO)cc1.CCCc1ccc(Cl)cc1.O=C=O. The normalized spacial score (nSPS) is 11.4. The Morgan fingerprint density at radius 1 is 0.762 bits per heavy atom. The molecule has 3 atom stereocenters. The van der Waals surface area contributed by atoms with Gasteiger partial charge in [0.05, 0.1) is 5.56 Å². The number of carboxylic acids is 1. The van der Waals surface area contributed by atoms with E-state index < -0.39 is 5.97 Å². The van der Waals surface area contributed by atoms with E-state index in [9.17, 15) is 4.79 Å². The smallest absolute Gasteiger partial charge is 0.373 e. The van der Waals surface area contributed by atoms with Crippen LogP contribution in [-0.2, 0) is 20.9 Å². The zero-order valence-electron chi connectivity index (χ0n) is 24.4. The van der Waals surface area contributed by atoms with Gasteiger partial charge in [-0.25, -0.2) is 9.68 Å². The van der Waals surface area contributed by atoms with Gasteiger partial charge in [0.15, 0.2) is 0 Å². The molecule has 6 nitrogen and oxygen atoms in total. The van der Waals surface area contributed by atoms with Gasteiger partial charge in [0.2, 0.25) is 0 Å². The maximum atomic E-state index is 10.6. The average molecular weight is 603 g/mol. The summed E-state index contributed by atoms with van der Waals surface area (Å²) in [7, 11) is 0. The standard InChI is InChI=1S/C12H18O2.C11H14O2.C9H11Cl.CO2.2CH4/c1-4-9(2)11-5-7-12(8-6-11)10(3)14-13;1-3-8(2)9-4-6-10(7-5-9)11(12)13;1-2-3-8-4-6-9(10)7-5-8;2-1-3;;/h5-10,13H,4H2,1-3H3;4-8H,3H2,1-2H3,(H,12,13);4-7H,2-3H2,1H3;;2*1H4. The average Bonchev–Trinajstić information content (AvgIpc) is 2.98. The molecule has 3 aromatic rings. The number of carbonyl (C=O) groups is 1. The van der Waals surface area contributed by atoms with Crippen LogP contribution in [0.3, 0.4) is 0 Å². The van der Waals surface area contributed by atoms with Crippen molar-refractivity contribution in [2.75, 3.05) is 0 Å². The third kappa shape index (κ3) is 17.5. The Kier molecular flexibility index (Phi) is 26.1. The summed E-state index contributed by atoms with van der Waals surface area (Å²) in [6, 6.07) is 23.3. The van der Waals surface area contributed by atoms with Crippen molar-refractivity contribution in [1.29, 1.82) is 0 Å². The molecule has 0 saturated heterocycles. The summed E-state index contributed by atoms with van der Waals surface area (Å²) < 4.78 is 0. The second kappa shape index (κ2) is 25.4. The largest absolute Gasteiger partial charge is 0.478 e. The van der Waals surface area contributed by atoms with Gasteiger partial charge in [0.1, 0.15) is 6.10 Å². The molecule has 0 aliphatic heterocycles. The first kappa shape index (κ1) is 43.2. The molecule has 0 saturated carbocycles. The molecular formula is C35H51ClO6. The van der Waals surface area contributed by atoms with E-state index in [4.69, 9.17) is 31.6 Å². The van der Waals surface area contributed by atoms with Gasteiger partial charge in [0.25, 0.3) is 0 Å². The first-order chi connectivity index (χ1) is 19.1. The van der Waals surface area contributed by atoms with Crippen molar-refractivity contribution in [3.05, 3.63) is 106 Å². The van der Waals surface area contributed by atoms with Crippen molar-refractivity contribution in [2.24, 2.45) is 0 Å². The van der Waals surface area contributed by atoms with Crippen LogP contribution in [0.1, 0.15) is 126 Å². The molecule has 0 radical (unpaired) electrons. The highest BCUT2D eigenvalue weighted by molar-refractivity contribution is 6.30. The van der Waals surface area contributed by atoms with Gasteiger partial charge >= 0.3 is 12.1 Å². The highest BCUT2D eigenvalue weighted by Gasteiger charge is 2.07. The molecule has 0 bridgehead atoms. The van der Waals surface area contributed by atoms with E-state index in [1.54, 1.807) is 12.1 Å². The quantitative estimate of drug-likeness (QED) is 0.186. The van der Waals surface area contributed by atoms with Crippen LogP contribution in [0.25, 0.3) is 0 Å². The van der Waals surface area contributed by atoms with E-state index in [2.05, 4.69) is 63.8 Å². The summed E-state index contributed by atoms with van der Waals surface area (Å²) in [5, 5.41) is 18.0. The molecule has 0 heterocycles. The first-order valence-corrected chi connectivity index (χ1v) is 13.9. The summed E-state index contributed by atoms with van der Waals surface area (Å²) in [6.45, 7) is 12.6. The van der Waals surface area contributed by atoms with Crippen molar-refractivity contribution in [3.8, 4) is 0 Å². The van der Waals surface area contributed by atoms with Gasteiger partial charge in [-0.3, -0.25) is 5.26 Å². The number of carboxylic acid groups (broad SMARTS) is 1. The molecule has 0 fully saturated rings. The first-order valence-electron chi connectivity index (χ1n) is 13.5. The molecule has 2 N–H and O–H groups in total. The van der Waals surface area contributed by atoms with E-state index in [0.29, 0.717) is 17.4 Å². The van der Waals surface area contributed by atoms with Crippen LogP contribution < -0.4 is 0 Å². The Balaban J connectivity index is -0.000000512. The Morgan fingerprint density at radius 3 is 1.48 bits per heavy atom. The zero-order valence-corrected chi connectivity index (χ0v) is 25.1. The van der Waals surface area contributed by atoms with Crippen molar-refractivity contribution in [2.45, 2.75) is 100 Å². The number of hydrogen-bond acceptors (Lipinski definition) is 5. The van der Waals surface area contributed by atoms with E-state index in [0.717, 1.165) is 29.8 Å². The van der Waals surface area contributed by atoms with E-state index in [1.807, 2.05) is 43.3 Å². The third-order valence-corrected chi connectivity index (χ3v) is 6.79. The van der Waals surface area contributed by atoms with Crippen molar-refractivity contribution < 1.29 is 29.6 Å². The monoisotopic (exact) mass is 602 g/mol. The Labute approximate surface area is 258 Å². The fraction of sp³-hybridized carbons (Fsp3) is 0.429. The minimum atomic E-state index is -0.865. The van der Waals surface area contributed by atoms with Crippen LogP contribution in [0.4, 0.5) is 0 Å². The molecule has 234 valence electrons. The Morgan fingerprint density at radius 2 is 1.14 bits per heavy atom. The number of hydrogen-bond donors (Lipinski definition) is 2. The highest BCUT2D eigenvalue weighted by Crippen LogP contribution is 2.22. The number of benzene rings is 3. The minimum absolute atomic E-state index is 0. The van der Waals surface area contributed by atoms with Crippen LogP contribution in [0.5, 0.6) is 0 Å². The lowest BCUT2D eigenvalue weighted by Crippen LogP contribution is -1.97. The lowest BCUT2D eigenvalue weighted by Gasteiger charge is -2.11. The molecule has 0 aromatic heterocycles. The van der Waals surface area contributed by atoms with E-state index >= 15 is 0 Å². The van der Waals surface area contributed by atoms with Gasteiger partial charge in [0, 0.05) is 5.02 Å². The van der Waals surface area contributed by atoms with Gasteiger partial charge in [-0.15, -0.1) is 0 Å². The number of aromatic carboxylic acids is 1. The van der Waals surface area contributed by atoms with Crippen LogP contribution in [-0.4, -0.2) is 22.5 Å². The minimum Gasteiger partial charge on any atom is -0.478 e. The third-order valence-electron chi connectivity index (χ3n) is 6.54. The van der Waals surface area contributed by atoms with Crippen LogP contribution >= 0.6 is 11.6 Å². The zero-order chi connectivity index (χ0) is 30.5. The topological polar surface area (TPSA) is 101 Å². The summed E-state index contributed by atoms with van der Waals surface area (Å²) in [5.41, 5.74) is 5.26.